The van der Waals surface area contributed by atoms with Gasteiger partial charge in [-0.05, 0) is 35.9 Å². The van der Waals surface area contributed by atoms with Crippen LogP contribution in [0.4, 0.5) is 0 Å². The van der Waals surface area contributed by atoms with Crippen LogP contribution in [0.25, 0.3) is 0 Å². The van der Waals surface area contributed by atoms with Crippen LogP contribution in [0.1, 0.15) is 21.5 Å². The summed E-state index contributed by atoms with van der Waals surface area (Å²) in [6.07, 6.45) is 0. The van der Waals surface area contributed by atoms with Crippen molar-refractivity contribution < 1.29 is 19.0 Å². The Morgan fingerprint density at radius 1 is 1.00 bits per heavy atom. The summed E-state index contributed by atoms with van der Waals surface area (Å²) in [4.78, 5) is 12.3. The minimum absolute atomic E-state index is 0.138. The lowest BCUT2D eigenvalue weighted by Crippen LogP contribution is -2.23. The van der Waals surface area contributed by atoms with Crippen molar-refractivity contribution in [3.63, 3.8) is 0 Å². The number of nitrogens with one attached hydrogen (secondary N) is 1. The van der Waals surface area contributed by atoms with Gasteiger partial charge in [-0.2, -0.15) is 0 Å². The van der Waals surface area contributed by atoms with E-state index in [1.165, 1.54) is 0 Å². The highest BCUT2D eigenvalue weighted by molar-refractivity contribution is 5.94. The maximum absolute atomic E-state index is 12.3. The summed E-state index contributed by atoms with van der Waals surface area (Å²) in [5, 5.41) is 2.90. The third-order valence-corrected chi connectivity index (χ3v) is 3.45. The number of benzene rings is 2. The molecule has 0 spiro atoms. The van der Waals surface area contributed by atoms with Gasteiger partial charge in [0.15, 0.2) is 0 Å². The van der Waals surface area contributed by atoms with Crippen LogP contribution in [0.15, 0.2) is 42.5 Å². The molecular formula is C18H21NO4. The summed E-state index contributed by atoms with van der Waals surface area (Å²) in [5.41, 5.74) is 2.42. The van der Waals surface area contributed by atoms with Gasteiger partial charge in [0.05, 0.1) is 20.8 Å². The van der Waals surface area contributed by atoms with E-state index in [2.05, 4.69) is 5.32 Å². The van der Waals surface area contributed by atoms with Crippen LogP contribution in [-0.2, 0) is 17.9 Å². The van der Waals surface area contributed by atoms with Crippen LogP contribution >= 0.6 is 0 Å². The lowest BCUT2D eigenvalue weighted by molar-refractivity contribution is 0.0950. The molecule has 0 saturated carbocycles. The van der Waals surface area contributed by atoms with E-state index in [4.69, 9.17) is 14.2 Å². The highest BCUT2D eigenvalue weighted by atomic mass is 16.5. The zero-order valence-corrected chi connectivity index (χ0v) is 13.6. The van der Waals surface area contributed by atoms with Crippen molar-refractivity contribution in [1.82, 2.24) is 5.32 Å². The molecule has 2 rings (SSSR count). The fourth-order valence-corrected chi connectivity index (χ4v) is 2.22. The fraction of sp³-hybridized carbons (Fsp3) is 0.278. The molecule has 0 heterocycles. The standard InChI is InChI=1S/C18H21NO4/c1-21-12-15-10-14(6-9-17(15)23-3)18(20)19-11-13-4-7-16(22-2)8-5-13/h4-10H,11-12H2,1-3H3,(H,19,20). The molecule has 0 aliphatic rings. The lowest BCUT2D eigenvalue weighted by Gasteiger charge is -2.11. The molecule has 0 aromatic heterocycles. The van der Waals surface area contributed by atoms with Gasteiger partial charge >= 0.3 is 0 Å². The Labute approximate surface area is 136 Å². The molecule has 0 saturated heterocycles. The molecule has 1 N–H and O–H groups in total. The molecule has 0 fully saturated rings. The van der Waals surface area contributed by atoms with Gasteiger partial charge in [-0.1, -0.05) is 12.1 Å². The number of amides is 1. The molecule has 0 aliphatic heterocycles. The first-order valence-electron chi connectivity index (χ1n) is 7.25. The Morgan fingerprint density at radius 2 is 1.74 bits per heavy atom. The second-order valence-corrected chi connectivity index (χ2v) is 4.99. The van der Waals surface area contributed by atoms with Gasteiger partial charge in [0.2, 0.25) is 0 Å². The van der Waals surface area contributed by atoms with E-state index in [1.54, 1.807) is 39.5 Å². The highest BCUT2D eigenvalue weighted by Crippen LogP contribution is 2.20. The number of ether oxygens (including phenoxy) is 3. The van der Waals surface area contributed by atoms with Crippen molar-refractivity contribution in [2.45, 2.75) is 13.2 Å². The quantitative estimate of drug-likeness (QED) is 0.853. The van der Waals surface area contributed by atoms with Crippen molar-refractivity contribution in [1.29, 1.82) is 0 Å². The zero-order valence-electron chi connectivity index (χ0n) is 13.6. The number of carbonyl (C=O) groups excluding carboxylic acids is 1. The molecule has 0 aliphatic carbocycles. The van der Waals surface area contributed by atoms with Gasteiger partial charge in [-0.3, -0.25) is 4.79 Å². The molecule has 1 amide bonds. The first-order valence-corrected chi connectivity index (χ1v) is 7.25. The first kappa shape index (κ1) is 16.8. The Morgan fingerprint density at radius 3 is 2.35 bits per heavy atom. The number of hydrogen-bond donors (Lipinski definition) is 1. The second kappa shape index (κ2) is 8.19. The largest absolute Gasteiger partial charge is 0.497 e. The Balaban J connectivity index is 2.03. The minimum atomic E-state index is -0.138. The number of rotatable bonds is 7. The molecule has 0 atom stereocenters. The lowest BCUT2D eigenvalue weighted by atomic mass is 10.1. The summed E-state index contributed by atoms with van der Waals surface area (Å²) in [6.45, 7) is 0.844. The molecule has 0 radical (unpaired) electrons. The van der Waals surface area contributed by atoms with Crippen molar-refractivity contribution in [2.75, 3.05) is 21.3 Å². The second-order valence-electron chi connectivity index (χ2n) is 4.99. The van der Waals surface area contributed by atoms with Gasteiger partial charge in [0, 0.05) is 24.8 Å². The fourth-order valence-electron chi connectivity index (χ4n) is 2.22. The smallest absolute Gasteiger partial charge is 0.251 e. The zero-order chi connectivity index (χ0) is 16.7. The number of hydrogen-bond acceptors (Lipinski definition) is 4. The summed E-state index contributed by atoms with van der Waals surface area (Å²) in [5.74, 6) is 1.36. The average Bonchev–Trinajstić information content (AvgIpc) is 2.60. The summed E-state index contributed by atoms with van der Waals surface area (Å²) >= 11 is 0. The van der Waals surface area contributed by atoms with E-state index >= 15 is 0 Å². The van der Waals surface area contributed by atoms with Crippen LogP contribution in [0.3, 0.4) is 0 Å². The molecule has 5 nitrogen and oxygen atoms in total. The summed E-state index contributed by atoms with van der Waals surface area (Å²) < 4.78 is 15.5. The van der Waals surface area contributed by atoms with Crippen LogP contribution in [0, 0.1) is 0 Å². The molecular weight excluding hydrogens is 294 g/mol. The molecule has 2 aromatic carbocycles. The van der Waals surface area contributed by atoms with E-state index in [1.807, 2.05) is 24.3 Å². The monoisotopic (exact) mass is 315 g/mol. The molecule has 122 valence electrons. The topological polar surface area (TPSA) is 56.8 Å². The maximum atomic E-state index is 12.3. The van der Waals surface area contributed by atoms with E-state index in [0.29, 0.717) is 24.5 Å². The Bertz CT molecular complexity index is 653. The highest BCUT2D eigenvalue weighted by Gasteiger charge is 2.10. The maximum Gasteiger partial charge on any atom is 0.251 e. The average molecular weight is 315 g/mol. The van der Waals surface area contributed by atoms with Gasteiger partial charge in [0.1, 0.15) is 11.5 Å². The van der Waals surface area contributed by atoms with Crippen molar-refractivity contribution in [2.24, 2.45) is 0 Å². The Kier molecular flexibility index (Phi) is 6.00. The van der Waals surface area contributed by atoms with Gasteiger partial charge in [-0.25, -0.2) is 0 Å². The first-order chi connectivity index (χ1) is 11.2. The normalized spacial score (nSPS) is 10.2. The molecule has 2 aromatic rings. The van der Waals surface area contributed by atoms with Gasteiger partial charge < -0.3 is 19.5 Å². The molecule has 23 heavy (non-hydrogen) atoms. The van der Waals surface area contributed by atoms with Gasteiger partial charge in [-0.15, -0.1) is 0 Å². The van der Waals surface area contributed by atoms with Crippen LogP contribution in [0.5, 0.6) is 11.5 Å². The molecule has 5 heteroatoms. The SMILES string of the molecule is COCc1cc(C(=O)NCc2ccc(OC)cc2)ccc1OC. The Hall–Kier alpha value is -2.53. The summed E-state index contributed by atoms with van der Waals surface area (Å²) in [6, 6.07) is 12.9. The predicted molar refractivity (Wildman–Crippen MR) is 87.9 cm³/mol. The van der Waals surface area contributed by atoms with Gasteiger partial charge in [0.25, 0.3) is 5.91 Å². The summed E-state index contributed by atoms with van der Waals surface area (Å²) in [7, 11) is 4.83. The molecule has 0 unspecified atom stereocenters. The van der Waals surface area contributed by atoms with E-state index in [-0.39, 0.29) is 5.91 Å². The van der Waals surface area contributed by atoms with Crippen LogP contribution in [0.2, 0.25) is 0 Å². The van der Waals surface area contributed by atoms with Crippen molar-refractivity contribution >= 4 is 5.91 Å². The van der Waals surface area contributed by atoms with E-state index in [0.717, 1.165) is 16.9 Å². The number of methoxy groups -OCH3 is 3. The van der Waals surface area contributed by atoms with Crippen molar-refractivity contribution in [3.8, 4) is 11.5 Å². The van der Waals surface area contributed by atoms with Crippen LogP contribution < -0.4 is 14.8 Å². The van der Waals surface area contributed by atoms with E-state index in [9.17, 15) is 4.79 Å². The van der Waals surface area contributed by atoms with Crippen molar-refractivity contribution in [3.05, 3.63) is 59.2 Å². The predicted octanol–water partition coefficient (Wildman–Crippen LogP) is 2.78. The van der Waals surface area contributed by atoms with E-state index < -0.39 is 0 Å². The van der Waals surface area contributed by atoms with Crippen LogP contribution in [-0.4, -0.2) is 27.2 Å². The number of carbonyl (C=O) groups is 1. The third kappa shape index (κ3) is 4.47. The third-order valence-electron chi connectivity index (χ3n) is 3.45. The molecule has 0 bridgehead atoms. The minimum Gasteiger partial charge on any atom is -0.497 e.